The van der Waals surface area contributed by atoms with Gasteiger partial charge in [-0.25, -0.2) is 14.3 Å². The number of halogens is 1. The van der Waals surface area contributed by atoms with Crippen molar-refractivity contribution in [1.82, 2.24) is 19.9 Å². The number of aliphatic carboxylic acids is 1. The Hall–Kier alpha value is -4.98. The molecule has 3 amide bonds. The van der Waals surface area contributed by atoms with E-state index in [-0.39, 0.29) is 49.2 Å². The van der Waals surface area contributed by atoms with Crippen LogP contribution in [0.2, 0.25) is 0 Å². The summed E-state index contributed by atoms with van der Waals surface area (Å²) in [6, 6.07) is 10.8. The van der Waals surface area contributed by atoms with E-state index in [0.717, 1.165) is 0 Å². The number of aromatic nitrogens is 1. The van der Waals surface area contributed by atoms with Crippen molar-refractivity contribution in [2.24, 2.45) is 7.05 Å². The van der Waals surface area contributed by atoms with Crippen LogP contribution in [0, 0.1) is 12.7 Å². The number of nitrogens with zero attached hydrogens (tertiary/aromatic N) is 2. The number of fused-ring (bicyclic) bond motifs is 1. The van der Waals surface area contributed by atoms with E-state index in [9.17, 15) is 28.1 Å². The summed E-state index contributed by atoms with van der Waals surface area (Å²) in [6.45, 7) is 5.45. The van der Waals surface area contributed by atoms with Gasteiger partial charge < -0.3 is 39.2 Å². The monoisotopic (exact) mass is 699 g/mol. The van der Waals surface area contributed by atoms with Gasteiger partial charge in [0.2, 0.25) is 0 Å². The maximum absolute atomic E-state index is 13.9. The van der Waals surface area contributed by atoms with Crippen LogP contribution in [-0.4, -0.2) is 77.6 Å². The molecule has 4 rings (SSSR count). The van der Waals surface area contributed by atoms with Gasteiger partial charge in [-0.1, -0.05) is 12.1 Å². The molecule has 2 aromatic carbocycles. The Bertz CT molecular complexity index is 1810. The highest BCUT2D eigenvalue weighted by Crippen LogP contribution is 2.43. The molecule has 1 aliphatic rings. The molecule has 0 saturated heterocycles. The number of carboxylic acid groups (broad SMARTS) is 1. The fraction of sp³-hybridized carbons (Fsp3) is 0.333. The van der Waals surface area contributed by atoms with Crippen LogP contribution >= 0.6 is 7.52 Å². The molecule has 0 radical (unpaired) electrons. The topological polar surface area (TPSA) is 178 Å². The molecule has 0 bridgehead atoms. The van der Waals surface area contributed by atoms with E-state index < -0.39 is 31.4 Å². The minimum Gasteiger partial charge on any atom is -0.480 e. The van der Waals surface area contributed by atoms with Gasteiger partial charge in [-0.2, -0.15) is 0 Å². The Morgan fingerprint density at radius 3 is 2.53 bits per heavy atom. The molecule has 3 aromatic rings. The smallest absolute Gasteiger partial charge is 0.410 e. The van der Waals surface area contributed by atoms with Crippen molar-refractivity contribution in [1.29, 1.82) is 0 Å². The number of anilines is 1. The second-order valence-corrected chi connectivity index (χ2v) is 13.3. The summed E-state index contributed by atoms with van der Waals surface area (Å²) in [5, 5.41) is 17.1. The van der Waals surface area contributed by atoms with Crippen molar-refractivity contribution < 1.29 is 47.2 Å². The summed E-state index contributed by atoms with van der Waals surface area (Å²) >= 11 is 0. The van der Waals surface area contributed by atoms with Crippen LogP contribution in [0.3, 0.4) is 0 Å². The summed E-state index contributed by atoms with van der Waals surface area (Å²) in [6.07, 6.45) is 0.671. The fourth-order valence-electron chi connectivity index (χ4n) is 4.98. The van der Waals surface area contributed by atoms with Crippen LogP contribution in [0.5, 0.6) is 5.75 Å². The van der Waals surface area contributed by atoms with Crippen LogP contribution in [0.4, 0.5) is 14.9 Å². The first-order chi connectivity index (χ1) is 23.2. The lowest BCUT2D eigenvalue weighted by molar-refractivity contribution is -0.138. The predicted molar refractivity (Wildman–Crippen MR) is 180 cm³/mol. The number of ether oxygens (including phenoxy) is 2. The third-order valence-electron chi connectivity index (χ3n) is 7.78. The molecule has 0 saturated carbocycles. The number of hydrogen-bond donors (Lipinski definition) is 4. The third-order valence-corrected chi connectivity index (χ3v) is 9.66. The van der Waals surface area contributed by atoms with Gasteiger partial charge in [0.1, 0.15) is 30.6 Å². The molecule has 2 heterocycles. The second kappa shape index (κ2) is 15.9. The number of benzene rings is 2. The van der Waals surface area contributed by atoms with Crippen molar-refractivity contribution in [3.05, 3.63) is 82.4 Å². The summed E-state index contributed by atoms with van der Waals surface area (Å²) in [7, 11) is -0.608. The van der Waals surface area contributed by atoms with Gasteiger partial charge in [-0.05, 0) is 68.8 Å². The van der Waals surface area contributed by atoms with E-state index in [4.69, 9.17) is 19.1 Å². The normalized spacial score (nSPS) is 14.8. The number of amides is 3. The Morgan fingerprint density at radius 1 is 1.16 bits per heavy atom. The van der Waals surface area contributed by atoms with E-state index in [2.05, 4.69) is 15.7 Å². The zero-order valence-electron chi connectivity index (χ0n) is 27.7. The summed E-state index contributed by atoms with van der Waals surface area (Å²) in [4.78, 5) is 51.0. The minimum atomic E-state index is -3.68. The maximum atomic E-state index is 13.9. The number of nitrogens with one attached hydrogen (secondary N) is 3. The lowest BCUT2D eigenvalue weighted by atomic mass is 10.1. The lowest BCUT2D eigenvalue weighted by Crippen LogP contribution is -2.38. The zero-order chi connectivity index (χ0) is 35.9. The van der Waals surface area contributed by atoms with Crippen molar-refractivity contribution in [3.63, 3.8) is 0 Å². The number of carboxylic acids is 1. The fourth-order valence-corrected chi connectivity index (χ4v) is 6.67. The quantitative estimate of drug-likeness (QED) is 0.130. The van der Waals surface area contributed by atoms with Crippen LogP contribution < -0.4 is 20.2 Å². The zero-order valence-corrected chi connectivity index (χ0v) is 28.6. The van der Waals surface area contributed by atoms with Gasteiger partial charge in [0.25, 0.3) is 11.8 Å². The number of carbonyl (C=O) groups is 4. The molecule has 1 aromatic heterocycles. The average Bonchev–Trinajstić information content (AvgIpc) is 3.52. The van der Waals surface area contributed by atoms with Crippen molar-refractivity contribution >= 4 is 48.7 Å². The highest BCUT2D eigenvalue weighted by atomic mass is 31.2. The van der Waals surface area contributed by atoms with E-state index in [0.29, 0.717) is 40.3 Å². The predicted octanol–water partition coefficient (Wildman–Crippen LogP) is 4.59. The molecule has 262 valence electrons. The number of hydrogen-bond acceptors (Lipinski definition) is 8. The third kappa shape index (κ3) is 9.13. The highest BCUT2D eigenvalue weighted by molar-refractivity contribution is 7.57. The van der Waals surface area contributed by atoms with Crippen LogP contribution in [0.25, 0.3) is 11.6 Å². The molecule has 0 fully saturated rings. The highest BCUT2D eigenvalue weighted by Gasteiger charge is 2.30. The summed E-state index contributed by atoms with van der Waals surface area (Å²) < 4.78 is 44.6. The van der Waals surface area contributed by atoms with Gasteiger partial charge in [-0.15, -0.1) is 0 Å². The van der Waals surface area contributed by atoms with E-state index in [1.165, 1.54) is 49.3 Å². The van der Waals surface area contributed by atoms with Crippen molar-refractivity contribution in [3.8, 4) is 5.75 Å². The average molecular weight is 700 g/mol. The lowest BCUT2D eigenvalue weighted by Gasteiger charge is -2.22. The Morgan fingerprint density at radius 2 is 1.88 bits per heavy atom. The first-order valence-corrected chi connectivity index (χ1v) is 17.1. The number of methoxy groups -OCH3 is 1. The van der Waals surface area contributed by atoms with Crippen LogP contribution in [0.15, 0.2) is 48.5 Å². The minimum absolute atomic E-state index is 0.0668. The second-order valence-electron chi connectivity index (χ2n) is 11.2. The van der Waals surface area contributed by atoms with E-state index in [1.807, 2.05) is 0 Å². The molecule has 0 aliphatic carbocycles. The first kappa shape index (κ1) is 36.8. The maximum Gasteiger partial charge on any atom is 0.410 e. The summed E-state index contributed by atoms with van der Waals surface area (Å²) in [5.74, 6) is -2.19. The molecular formula is C33H39FN5O9P. The SMILES string of the molecule is CCN(CCNC(=O)c1cc(/C=C2\C(=O)Nc3ccc(F)cc32)n(C)c1C)C(=O)OCc1ccc(OP(=O)(COC)NC(C)C(=O)O)cc1. The molecular weight excluding hydrogens is 660 g/mol. The Kier molecular flexibility index (Phi) is 12.0. The Labute approximate surface area is 282 Å². The number of likely N-dealkylation sites (N-methyl/N-ethyl adjacent to an activating group) is 1. The molecule has 2 unspecified atom stereocenters. The standard InChI is InChI=1S/C33H39FN5O9P/c1-6-39(33(44)47-18-22-7-10-25(11-8-22)48-49(45,19-46-5)37-20(2)32(42)43)14-13-35-30(40)26-16-24(38(4)21(26)3)17-28-27-15-23(34)9-12-29(27)36-31(28)41/h7-12,15-17,20H,6,13-14,18-19H2,1-5H3,(H,35,40)(H,36,41)(H,37,45)(H,42,43)/b28-17-. The molecule has 4 N–H and O–H groups in total. The molecule has 2 atom stereocenters. The van der Waals surface area contributed by atoms with Crippen molar-refractivity contribution in [2.45, 2.75) is 33.4 Å². The molecule has 14 nitrogen and oxygen atoms in total. The van der Waals surface area contributed by atoms with Crippen LogP contribution in [0.1, 0.15) is 46.7 Å². The van der Waals surface area contributed by atoms with E-state index in [1.54, 1.807) is 49.7 Å². The van der Waals surface area contributed by atoms with Crippen LogP contribution in [-0.2, 0) is 37.3 Å². The van der Waals surface area contributed by atoms with Gasteiger partial charge in [0.15, 0.2) is 0 Å². The molecule has 49 heavy (non-hydrogen) atoms. The van der Waals surface area contributed by atoms with E-state index >= 15 is 0 Å². The number of carbonyl (C=O) groups excluding carboxylic acids is 3. The molecule has 0 spiro atoms. The van der Waals surface area contributed by atoms with Gasteiger partial charge in [0, 0.05) is 56.4 Å². The van der Waals surface area contributed by atoms with Gasteiger partial charge >= 0.3 is 19.6 Å². The Balaban J connectivity index is 1.30. The first-order valence-electron chi connectivity index (χ1n) is 15.3. The van der Waals surface area contributed by atoms with Gasteiger partial charge in [-0.3, -0.25) is 18.9 Å². The van der Waals surface area contributed by atoms with Gasteiger partial charge in [0.05, 0.1) is 11.1 Å². The number of rotatable bonds is 15. The summed E-state index contributed by atoms with van der Waals surface area (Å²) in [5.41, 5.74) is 3.48. The molecule has 1 aliphatic heterocycles. The van der Waals surface area contributed by atoms with Crippen molar-refractivity contribution in [2.75, 3.05) is 38.4 Å². The molecule has 16 heteroatoms. The largest absolute Gasteiger partial charge is 0.480 e.